The van der Waals surface area contributed by atoms with Crippen LogP contribution in [0.15, 0.2) is 34.8 Å². The van der Waals surface area contributed by atoms with Gasteiger partial charge in [-0.3, -0.25) is 0 Å². The standard InChI is InChI=1S/C12H11BrOS/c1-8-10(13)7-12(15-8)9-5-3-4-6-11(9)14-2/h3-7H,1-2H3. The number of hydrogen-bond acceptors (Lipinski definition) is 2. The van der Waals surface area contributed by atoms with E-state index in [1.807, 2.05) is 18.2 Å². The first-order valence-corrected chi connectivity index (χ1v) is 6.22. The largest absolute Gasteiger partial charge is 0.496 e. The van der Waals surface area contributed by atoms with Crippen molar-refractivity contribution in [2.24, 2.45) is 0 Å². The molecule has 1 aromatic heterocycles. The van der Waals surface area contributed by atoms with Crippen molar-refractivity contribution >= 4 is 27.3 Å². The number of rotatable bonds is 2. The van der Waals surface area contributed by atoms with Crippen molar-refractivity contribution in [2.75, 3.05) is 7.11 Å². The highest BCUT2D eigenvalue weighted by molar-refractivity contribution is 9.10. The molecule has 0 atom stereocenters. The smallest absolute Gasteiger partial charge is 0.127 e. The van der Waals surface area contributed by atoms with Crippen LogP contribution in [-0.2, 0) is 0 Å². The van der Waals surface area contributed by atoms with Crippen LogP contribution in [-0.4, -0.2) is 7.11 Å². The summed E-state index contributed by atoms with van der Waals surface area (Å²) >= 11 is 5.30. The molecule has 0 fully saturated rings. The molecule has 0 saturated heterocycles. The summed E-state index contributed by atoms with van der Waals surface area (Å²) in [6, 6.07) is 10.2. The minimum Gasteiger partial charge on any atom is -0.496 e. The lowest BCUT2D eigenvalue weighted by atomic mass is 10.1. The normalized spacial score (nSPS) is 10.3. The predicted octanol–water partition coefficient (Wildman–Crippen LogP) is 4.49. The number of aryl methyl sites for hydroxylation is 1. The SMILES string of the molecule is COc1ccccc1-c1cc(Br)c(C)s1. The quantitative estimate of drug-likeness (QED) is 0.788. The Morgan fingerprint density at radius 2 is 2.00 bits per heavy atom. The summed E-state index contributed by atoms with van der Waals surface area (Å²) in [7, 11) is 1.70. The number of thiophene rings is 1. The van der Waals surface area contributed by atoms with Crippen molar-refractivity contribution in [1.82, 2.24) is 0 Å². The molecule has 15 heavy (non-hydrogen) atoms. The first-order valence-electron chi connectivity index (χ1n) is 4.61. The van der Waals surface area contributed by atoms with Gasteiger partial charge in [-0.2, -0.15) is 0 Å². The summed E-state index contributed by atoms with van der Waals surface area (Å²) in [5.74, 6) is 0.922. The first-order chi connectivity index (χ1) is 7.22. The Labute approximate surface area is 102 Å². The summed E-state index contributed by atoms with van der Waals surface area (Å²) in [4.78, 5) is 2.52. The van der Waals surface area contributed by atoms with Crippen molar-refractivity contribution in [2.45, 2.75) is 6.92 Å². The zero-order valence-corrected chi connectivity index (χ0v) is 11.0. The Kier molecular flexibility index (Phi) is 3.12. The maximum Gasteiger partial charge on any atom is 0.127 e. The van der Waals surface area contributed by atoms with Crippen LogP contribution in [0.25, 0.3) is 10.4 Å². The molecule has 0 bridgehead atoms. The topological polar surface area (TPSA) is 9.23 Å². The van der Waals surface area contributed by atoms with Crippen LogP contribution >= 0.6 is 27.3 Å². The minimum absolute atomic E-state index is 0.922. The second-order valence-corrected chi connectivity index (χ2v) is 5.33. The summed E-state index contributed by atoms with van der Waals surface area (Å²) in [5, 5.41) is 0. The van der Waals surface area contributed by atoms with Crippen LogP contribution in [0.1, 0.15) is 4.88 Å². The van der Waals surface area contributed by atoms with Crippen LogP contribution in [0.2, 0.25) is 0 Å². The molecule has 0 aliphatic heterocycles. The summed E-state index contributed by atoms with van der Waals surface area (Å²) in [5.41, 5.74) is 1.15. The Hall–Kier alpha value is -0.800. The maximum atomic E-state index is 5.34. The van der Waals surface area contributed by atoms with Gasteiger partial charge in [0.15, 0.2) is 0 Å². The number of ether oxygens (including phenoxy) is 1. The molecule has 2 rings (SSSR count). The molecule has 78 valence electrons. The van der Waals surface area contributed by atoms with Gasteiger partial charge in [0, 0.05) is 19.8 Å². The molecular weight excluding hydrogens is 272 g/mol. The van der Waals surface area contributed by atoms with E-state index < -0.39 is 0 Å². The Morgan fingerprint density at radius 3 is 2.60 bits per heavy atom. The molecular formula is C12H11BrOS. The highest BCUT2D eigenvalue weighted by Crippen LogP contribution is 2.38. The van der Waals surface area contributed by atoms with Crippen molar-refractivity contribution in [1.29, 1.82) is 0 Å². The van der Waals surface area contributed by atoms with Gasteiger partial charge in [-0.05, 0) is 41.1 Å². The van der Waals surface area contributed by atoms with E-state index in [1.54, 1.807) is 18.4 Å². The van der Waals surface area contributed by atoms with Crippen molar-refractivity contribution in [3.05, 3.63) is 39.7 Å². The fourth-order valence-electron chi connectivity index (χ4n) is 1.44. The third-order valence-corrected chi connectivity index (χ3v) is 4.40. The van der Waals surface area contributed by atoms with Gasteiger partial charge < -0.3 is 4.74 Å². The molecule has 1 nitrogen and oxygen atoms in total. The van der Waals surface area contributed by atoms with E-state index in [1.165, 1.54) is 9.75 Å². The molecule has 0 N–H and O–H groups in total. The van der Waals surface area contributed by atoms with Gasteiger partial charge in [0.05, 0.1) is 7.11 Å². The van der Waals surface area contributed by atoms with E-state index in [2.05, 4.69) is 35.0 Å². The number of benzene rings is 1. The summed E-state index contributed by atoms with van der Waals surface area (Å²) in [6.07, 6.45) is 0. The van der Waals surface area contributed by atoms with E-state index >= 15 is 0 Å². The molecule has 0 aliphatic rings. The maximum absolute atomic E-state index is 5.34. The average Bonchev–Trinajstić information content (AvgIpc) is 2.59. The Bertz CT molecular complexity index is 457. The van der Waals surface area contributed by atoms with Crippen LogP contribution in [0.5, 0.6) is 5.75 Å². The zero-order chi connectivity index (χ0) is 10.8. The summed E-state index contributed by atoms with van der Waals surface area (Å²) in [6.45, 7) is 2.10. The van der Waals surface area contributed by atoms with E-state index in [-0.39, 0.29) is 0 Å². The van der Waals surface area contributed by atoms with Gasteiger partial charge in [0.25, 0.3) is 0 Å². The van der Waals surface area contributed by atoms with Crippen molar-refractivity contribution in [3.63, 3.8) is 0 Å². The lowest BCUT2D eigenvalue weighted by Gasteiger charge is -2.05. The van der Waals surface area contributed by atoms with Gasteiger partial charge in [0.2, 0.25) is 0 Å². The monoisotopic (exact) mass is 282 g/mol. The molecule has 0 unspecified atom stereocenters. The number of para-hydroxylation sites is 1. The minimum atomic E-state index is 0.922. The summed E-state index contributed by atoms with van der Waals surface area (Å²) < 4.78 is 6.50. The third-order valence-electron chi connectivity index (χ3n) is 2.23. The Balaban J connectivity index is 2.53. The molecule has 0 spiro atoms. The molecule has 3 heteroatoms. The second-order valence-electron chi connectivity index (χ2n) is 3.22. The first kappa shape index (κ1) is 10.7. The van der Waals surface area contributed by atoms with E-state index in [9.17, 15) is 0 Å². The van der Waals surface area contributed by atoms with Crippen molar-refractivity contribution in [3.8, 4) is 16.2 Å². The number of methoxy groups -OCH3 is 1. The van der Waals surface area contributed by atoms with E-state index in [4.69, 9.17) is 4.74 Å². The molecule has 1 aromatic carbocycles. The lowest BCUT2D eigenvalue weighted by molar-refractivity contribution is 0.416. The molecule has 0 radical (unpaired) electrons. The van der Waals surface area contributed by atoms with E-state index in [0.717, 1.165) is 15.8 Å². The van der Waals surface area contributed by atoms with Crippen LogP contribution in [0, 0.1) is 6.92 Å². The Morgan fingerprint density at radius 1 is 1.27 bits per heavy atom. The molecule has 0 saturated carbocycles. The highest BCUT2D eigenvalue weighted by atomic mass is 79.9. The molecule has 0 aliphatic carbocycles. The van der Waals surface area contributed by atoms with Gasteiger partial charge in [-0.1, -0.05) is 12.1 Å². The number of hydrogen-bond donors (Lipinski definition) is 0. The third kappa shape index (κ3) is 2.08. The van der Waals surface area contributed by atoms with Gasteiger partial charge in [0.1, 0.15) is 5.75 Å². The van der Waals surface area contributed by atoms with E-state index in [0.29, 0.717) is 0 Å². The lowest BCUT2D eigenvalue weighted by Crippen LogP contribution is -1.84. The van der Waals surface area contributed by atoms with Gasteiger partial charge >= 0.3 is 0 Å². The fraction of sp³-hybridized carbons (Fsp3) is 0.167. The van der Waals surface area contributed by atoms with Gasteiger partial charge in [-0.15, -0.1) is 11.3 Å². The molecule has 0 amide bonds. The zero-order valence-electron chi connectivity index (χ0n) is 8.58. The van der Waals surface area contributed by atoms with Crippen molar-refractivity contribution < 1.29 is 4.74 Å². The highest BCUT2D eigenvalue weighted by Gasteiger charge is 2.09. The number of halogens is 1. The molecule has 2 aromatic rings. The predicted molar refractivity (Wildman–Crippen MR) is 68.7 cm³/mol. The van der Waals surface area contributed by atoms with Gasteiger partial charge in [-0.25, -0.2) is 0 Å². The van der Waals surface area contributed by atoms with Crippen LogP contribution < -0.4 is 4.74 Å². The fourth-order valence-corrected chi connectivity index (χ4v) is 3.01. The second kappa shape index (κ2) is 4.37. The van der Waals surface area contributed by atoms with Crippen LogP contribution in [0.3, 0.4) is 0 Å². The van der Waals surface area contributed by atoms with Crippen LogP contribution in [0.4, 0.5) is 0 Å². The molecule has 1 heterocycles. The average molecular weight is 283 g/mol.